The molecule has 0 bridgehead atoms. The first-order valence-electron chi connectivity index (χ1n) is 6.01. The van der Waals surface area contributed by atoms with Crippen LogP contribution in [0.3, 0.4) is 0 Å². The summed E-state index contributed by atoms with van der Waals surface area (Å²) in [4.78, 5) is 7.92. The molecular formula is C15H15N3. The fraction of sp³-hybridized carbons (Fsp3) is 0.133. The SMILES string of the molecule is Cc1ccc2nc(Cc3ccccc3N)[nH]c2c1. The Labute approximate surface area is 106 Å². The van der Waals surface area contributed by atoms with Crippen LogP contribution in [0, 0.1) is 6.92 Å². The number of aromatic amines is 1. The Morgan fingerprint density at radius 2 is 2.00 bits per heavy atom. The van der Waals surface area contributed by atoms with Gasteiger partial charge in [0.2, 0.25) is 0 Å². The van der Waals surface area contributed by atoms with Gasteiger partial charge in [0.05, 0.1) is 11.0 Å². The average molecular weight is 237 g/mol. The minimum Gasteiger partial charge on any atom is -0.398 e. The maximum absolute atomic E-state index is 5.95. The molecule has 0 aliphatic heterocycles. The van der Waals surface area contributed by atoms with Crippen LogP contribution in [0.25, 0.3) is 11.0 Å². The molecule has 3 heteroatoms. The molecule has 3 rings (SSSR count). The number of benzene rings is 2. The van der Waals surface area contributed by atoms with Crippen LogP contribution in [0.2, 0.25) is 0 Å². The van der Waals surface area contributed by atoms with E-state index in [4.69, 9.17) is 5.73 Å². The van der Waals surface area contributed by atoms with Gasteiger partial charge in [-0.1, -0.05) is 24.3 Å². The number of nitrogen functional groups attached to an aromatic ring is 1. The van der Waals surface area contributed by atoms with Crippen molar-refractivity contribution in [3.63, 3.8) is 0 Å². The minimum atomic E-state index is 0.737. The summed E-state index contributed by atoms with van der Waals surface area (Å²) in [5, 5.41) is 0. The number of aryl methyl sites for hydroxylation is 1. The Hall–Kier alpha value is -2.29. The third-order valence-corrected chi connectivity index (χ3v) is 3.10. The molecule has 0 atom stereocenters. The van der Waals surface area contributed by atoms with E-state index in [1.54, 1.807) is 0 Å². The molecule has 0 aliphatic rings. The molecule has 3 aromatic rings. The van der Waals surface area contributed by atoms with Crippen molar-refractivity contribution < 1.29 is 0 Å². The summed E-state index contributed by atoms with van der Waals surface area (Å²) >= 11 is 0. The van der Waals surface area contributed by atoms with Gasteiger partial charge in [0.1, 0.15) is 5.82 Å². The van der Waals surface area contributed by atoms with Gasteiger partial charge >= 0.3 is 0 Å². The van der Waals surface area contributed by atoms with Crippen LogP contribution in [0.15, 0.2) is 42.5 Å². The highest BCUT2D eigenvalue weighted by Crippen LogP contribution is 2.18. The number of nitrogens with zero attached hydrogens (tertiary/aromatic N) is 1. The first-order chi connectivity index (χ1) is 8.72. The zero-order valence-corrected chi connectivity index (χ0v) is 10.3. The second-order valence-electron chi connectivity index (χ2n) is 4.58. The lowest BCUT2D eigenvalue weighted by molar-refractivity contribution is 1.04. The first kappa shape index (κ1) is 10.8. The lowest BCUT2D eigenvalue weighted by atomic mass is 10.1. The number of aromatic nitrogens is 2. The number of nitrogens with one attached hydrogen (secondary N) is 1. The van der Waals surface area contributed by atoms with E-state index < -0.39 is 0 Å². The molecule has 1 aromatic heterocycles. The second kappa shape index (κ2) is 4.18. The molecule has 2 aromatic carbocycles. The van der Waals surface area contributed by atoms with E-state index in [2.05, 4.69) is 29.0 Å². The summed E-state index contributed by atoms with van der Waals surface area (Å²) < 4.78 is 0. The number of anilines is 1. The largest absolute Gasteiger partial charge is 0.398 e. The van der Waals surface area contributed by atoms with Gasteiger partial charge in [-0.25, -0.2) is 4.98 Å². The molecule has 0 aliphatic carbocycles. The average Bonchev–Trinajstić information content (AvgIpc) is 2.73. The Bertz CT molecular complexity index is 698. The highest BCUT2D eigenvalue weighted by atomic mass is 14.9. The van der Waals surface area contributed by atoms with Crippen molar-refractivity contribution in [3.05, 3.63) is 59.4 Å². The lowest BCUT2D eigenvalue weighted by Gasteiger charge is -2.02. The standard InChI is InChI=1S/C15H15N3/c1-10-6-7-13-14(8-10)18-15(17-13)9-11-4-2-3-5-12(11)16/h2-8H,9,16H2,1H3,(H,17,18). The van der Waals surface area contributed by atoms with E-state index in [9.17, 15) is 0 Å². The van der Waals surface area contributed by atoms with Crippen molar-refractivity contribution in [2.75, 3.05) is 5.73 Å². The van der Waals surface area contributed by atoms with Crippen molar-refractivity contribution in [1.82, 2.24) is 9.97 Å². The van der Waals surface area contributed by atoms with E-state index in [0.717, 1.165) is 34.5 Å². The number of hydrogen-bond acceptors (Lipinski definition) is 2. The lowest BCUT2D eigenvalue weighted by Crippen LogP contribution is -1.96. The van der Waals surface area contributed by atoms with E-state index in [0.29, 0.717) is 0 Å². The smallest absolute Gasteiger partial charge is 0.111 e. The van der Waals surface area contributed by atoms with Crippen LogP contribution in [0.1, 0.15) is 17.0 Å². The molecule has 3 N–H and O–H groups in total. The fourth-order valence-corrected chi connectivity index (χ4v) is 2.14. The van der Waals surface area contributed by atoms with Gasteiger partial charge < -0.3 is 10.7 Å². The zero-order valence-electron chi connectivity index (χ0n) is 10.3. The predicted octanol–water partition coefficient (Wildman–Crippen LogP) is 3.04. The maximum Gasteiger partial charge on any atom is 0.111 e. The zero-order chi connectivity index (χ0) is 12.5. The minimum absolute atomic E-state index is 0.737. The van der Waals surface area contributed by atoms with Gasteiger partial charge in [-0.3, -0.25) is 0 Å². The van der Waals surface area contributed by atoms with E-state index in [1.165, 1.54) is 5.56 Å². The topological polar surface area (TPSA) is 54.7 Å². The molecule has 0 saturated carbocycles. The highest BCUT2D eigenvalue weighted by molar-refractivity contribution is 5.75. The molecule has 0 saturated heterocycles. The maximum atomic E-state index is 5.95. The highest BCUT2D eigenvalue weighted by Gasteiger charge is 2.05. The summed E-state index contributed by atoms with van der Waals surface area (Å²) in [6, 6.07) is 14.1. The van der Waals surface area contributed by atoms with Gasteiger partial charge in [-0.05, 0) is 36.2 Å². The molecular weight excluding hydrogens is 222 g/mol. The summed E-state index contributed by atoms with van der Waals surface area (Å²) in [5.74, 6) is 0.952. The number of fused-ring (bicyclic) bond motifs is 1. The summed E-state index contributed by atoms with van der Waals surface area (Å²) in [5.41, 5.74) is 11.2. The van der Waals surface area contributed by atoms with Crippen molar-refractivity contribution in [2.45, 2.75) is 13.3 Å². The number of nitrogens with two attached hydrogens (primary N) is 1. The van der Waals surface area contributed by atoms with Crippen LogP contribution < -0.4 is 5.73 Å². The van der Waals surface area contributed by atoms with Crippen molar-refractivity contribution in [3.8, 4) is 0 Å². The molecule has 0 spiro atoms. The quantitative estimate of drug-likeness (QED) is 0.673. The van der Waals surface area contributed by atoms with E-state index in [1.807, 2.05) is 30.3 Å². The van der Waals surface area contributed by atoms with Gasteiger partial charge in [-0.2, -0.15) is 0 Å². The van der Waals surface area contributed by atoms with Gasteiger partial charge in [0.25, 0.3) is 0 Å². The summed E-state index contributed by atoms with van der Waals surface area (Å²) in [6.45, 7) is 2.08. The third-order valence-electron chi connectivity index (χ3n) is 3.10. The van der Waals surface area contributed by atoms with Crippen LogP contribution in [-0.2, 0) is 6.42 Å². The van der Waals surface area contributed by atoms with E-state index >= 15 is 0 Å². The monoisotopic (exact) mass is 237 g/mol. The van der Waals surface area contributed by atoms with E-state index in [-0.39, 0.29) is 0 Å². The Balaban J connectivity index is 1.98. The van der Waals surface area contributed by atoms with Crippen LogP contribution in [0.5, 0.6) is 0 Å². The van der Waals surface area contributed by atoms with Gasteiger partial charge in [-0.15, -0.1) is 0 Å². The molecule has 1 heterocycles. The molecule has 0 fully saturated rings. The van der Waals surface area contributed by atoms with Crippen LogP contribution in [-0.4, -0.2) is 9.97 Å². The van der Waals surface area contributed by atoms with Crippen LogP contribution in [0.4, 0.5) is 5.69 Å². The van der Waals surface area contributed by atoms with Gasteiger partial charge in [0, 0.05) is 12.1 Å². The number of H-pyrrole nitrogens is 1. The third kappa shape index (κ3) is 1.95. The number of rotatable bonds is 2. The molecule has 0 unspecified atom stereocenters. The predicted molar refractivity (Wildman–Crippen MR) is 74.5 cm³/mol. The summed E-state index contributed by atoms with van der Waals surface area (Å²) in [6.07, 6.45) is 0.737. The molecule has 0 radical (unpaired) electrons. The Kier molecular flexibility index (Phi) is 2.52. The number of imidazole rings is 1. The van der Waals surface area contributed by atoms with Crippen molar-refractivity contribution >= 4 is 16.7 Å². The fourth-order valence-electron chi connectivity index (χ4n) is 2.14. The molecule has 3 nitrogen and oxygen atoms in total. The first-order valence-corrected chi connectivity index (χ1v) is 6.01. The summed E-state index contributed by atoms with van der Waals surface area (Å²) in [7, 11) is 0. The van der Waals surface area contributed by atoms with Gasteiger partial charge in [0.15, 0.2) is 0 Å². The Morgan fingerprint density at radius 3 is 2.83 bits per heavy atom. The second-order valence-corrected chi connectivity index (χ2v) is 4.58. The Morgan fingerprint density at radius 1 is 1.17 bits per heavy atom. The normalized spacial score (nSPS) is 10.9. The van der Waals surface area contributed by atoms with Crippen molar-refractivity contribution in [2.24, 2.45) is 0 Å². The number of hydrogen-bond donors (Lipinski definition) is 2. The van der Waals surface area contributed by atoms with Crippen LogP contribution >= 0.6 is 0 Å². The molecule has 18 heavy (non-hydrogen) atoms. The molecule has 90 valence electrons. The van der Waals surface area contributed by atoms with Crippen molar-refractivity contribution in [1.29, 1.82) is 0 Å². The molecule has 0 amide bonds. The number of para-hydroxylation sites is 1.